The van der Waals surface area contributed by atoms with Crippen molar-refractivity contribution in [1.29, 1.82) is 0 Å². The number of benzene rings is 2. The first kappa shape index (κ1) is 19.5. The Kier molecular flexibility index (Phi) is 5.70. The molecule has 28 heavy (non-hydrogen) atoms. The van der Waals surface area contributed by atoms with Crippen molar-refractivity contribution in [3.8, 4) is 0 Å². The zero-order valence-corrected chi connectivity index (χ0v) is 16.5. The normalized spacial score (nSPS) is 10.9. The molecule has 6 nitrogen and oxygen atoms in total. The zero-order chi connectivity index (χ0) is 20.3. The zero-order valence-electron chi connectivity index (χ0n) is 16.5. The third-order valence-corrected chi connectivity index (χ3v) is 4.35. The third kappa shape index (κ3) is 4.53. The maximum atomic E-state index is 12.8. The van der Waals surface area contributed by atoms with Crippen molar-refractivity contribution in [3.05, 3.63) is 65.4 Å². The molecule has 144 valence electrons. The number of hydrogen-bond acceptors (Lipinski definition) is 4. The number of carbonyl (C=O) groups is 2. The molecule has 1 aromatic heterocycles. The molecule has 1 heterocycles. The van der Waals surface area contributed by atoms with Crippen LogP contribution < -0.4 is 10.6 Å². The van der Waals surface area contributed by atoms with Gasteiger partial charge in [0.2, 0.25) is 5.91 Å². The molecule has 0 radical (unpaired) electrons. The first-order chi connectivity index (χ1) is 13.3. The summed E-state index contributed by atoms with van der Waals surface area (Å²) in [4.78, 5) is 31.1. The molecule has 0 aliphatic rings. The summed E-state index contributed by atoms with van der Waals surface area (Å²) in [5, 5.41) is 6.65. The van der Waals surface area contributed by atoms with Crippen molar-refractivity contribution in [2.75, 3.05) is 31.3 Å². The first-order valence-electron chi connectivity index (χ1n) is 9.06. The minimum absolute atomic E-state index is 0.113. The lowest BCUT2D eigenvalue weighted by molar-refractivity contribution is -0.116. The lowest BCUT2D eigenvalue weighted by Gasteiger charge is -2.12. The van der Waals surface area contributed by atoms with E-state index in [4.69, 9.17) is 0 Å². The van der Waals surface area contributed by atoms with Gasteiger partial charge in [-0.3, -0.25) is 14.6 Å². The molecule has 0 spiro atoms. The summed E-state index contributed by atoms with van der Waals surface area (Å²) in [6.07, 6.45) is 0. The highest BCUT2D eigenvalue weighted by atomic mass is 16.2. The van der Waals surface area contributed by atoms with Crippen molar-refractivity contribution < 1.29 is 9.59 Å². The number of hydrogen-bond donors (Lipinski definition) is 2. The van der Waals surface area contributed by atoms with Crippen LogP contribution >= 0.6 is 0 Å². The molecule has 3 rings (SSSR count). The van der Waals surface area contributed by atoms with Gasteiger partial charge in [0, 0.05) is 16.8 Å². The van der Waals surface area contributed by atoms with E-state index < -0.39 is 0 Å². The van der Waals surface area contributed by atoms with Gasteiger partial charge in [-0.2, -0.15) is 0 Å². The lowest BCUT2D eigenvalue weighted by Crippen LogP contribution is -2.27. The van der Waals surface area contributed by atoms with Gasteiger partial charge in [-0.1, -0.05) is 24.3 Å². The average molecular weight is 376 g/mol. The van der Waals surface area contributed by atoms with E-state index in [1.54, 1.807) is 29.2 Å². The number of rotatable bonds is 5. The second kappa shape index (κ2) is 8.19. The standard InChI is InChI=1S/C22H24N4O2/c1-14-7-5-8-16-11-19(15(2)23-21(14)16)22(28)25-18-10-6-9-17(12-18)24-20(27)13-26(3)4/h5-12H,13H2,1-4H3,(H,24,27)(H,25,28). The van der Waals surface area contributed by atoms with Crippen LogP contribution in [0.1, 0.15) is 21.6 Å². The fourth-order valence-corrected chi connectivity index (χ4v) is 3.03. The van der Waals surface area contributed by atoms with E-state index in [9.17, 15) is 9.59 Å². The molecule has 3 aromatic rings. The van der Waals surface area contributed by atoms with Crippen LogP contribution in [0.2, 0.25) is 0 Å². The van der Waals surface area contributed by atoms with Gasteiger partial charge in [0.05, 0.1) is 23.3 Å². The number of aryl methyl sites for hydroxylation is 2. The molecule has 0 aliphatic carbocycles. The van der Waals surface area contributed by atoms with Crippen molar-refractivity contribution >= 4 is 34.1 Å². The van der Waals surface area contributed by atoms with Gasteiger partial charge in [-0.05, 0) is 57.8 Å². The molecule has 0 fully saturated rings. The minimum atomic E-state index is -0.231. The number of para-hydroxylation sites is 1. The van der Waals surface area contributed by atoms with Crippen molar-refractivity contribution in [1.82, 2.24) is 9.88 Å². The van der Waals surface area contributed by atoms with Crippen LogP contribution in [-0.4, -0.2) is 42.3 Å². The number of carbonyl (C=O) groups excluding carboxylic acids is 2. The Morgan fingerprint density at radius 2 is 1.64 bits per heavy atom. The molecule has 0 saturated carbocycles. The monoisotopic (exact) mass is 376 g/mol. The van der Waals surface area contributed by atoms with Crippen LogP contribution in [0.3, 0.4) is 0 Å². The van der Waals surface area contributed by atoms with E-state index >= 15 is 0 Å². The van der Waals surface area contributed by atoms with E-state index in [-0.39, 0.29) is 18.4 Å². The summed E-state index contributed by atoms with van der Waals surface area (Å²) >= 11 is 0. The summed E-state index contributed by atoms with van der Waals surface area (Å²) in [6, 6.07) is 14.9. The van der Waals surface area contributed by atoms with Crippen LogP contribution in [0.25, 0.3) is 10.9 Å². The lowest BCUT2D eigenvalue weighted by atomic mass is 10.1. The quantitative estimate of drug-likeness (QED) is 0.713. The van der Waals surface area contributed by atoms with Crippen molar-refractivity contribution in [2.24, 2.45) is 0 Å². The van der Waals surface area contributed by atoms with E-state index in [2.05, 4.69) is 15.6 Å². The molecule has 2 aromatic carbocycles. The second-order valence-electron chi connectivity index (χ2n) is 7.09. The highest BCUT2D eigenvalue weighted by Gasteiger charge is 2.13. The summed E-state index contributed by atoms with van der Waals surface area (Å²) in [7, 11) is 3.66. The number of fused-ring (bicyclic) bond motifs is 1. The van der Waals surface area contributed by atoms with Crippen LogP contribution in [0.5, 0.6) is 0 Å². The SMILES string of the molecule is Cc1nc2c(C)cccc2cc1C(=O)Nc1cccc(NC(=O)CN(C)C)c1. The number of pyridine rings is 1. The molecule has 6 heteroatoms. The molecule has 0 bridgehead atoms. The molecular weight excluding hydrogens is 352 g/mol. The number of likely N-dealkylation sites (N-methyl/N-ethyl adjacent to an activating group) is 1. The molecular formula is C22H24N4O2. The Labute approximate surface area is 164 Å². The van der Waals surface area contributed by atoms with E-state index in [0.29, 0.717) is 22.6 Å². The van der Waals surface area contributed by atoms with Crippen molar-refractivity contribution in [2.45, 2.75) is 13.8 Å². The summed E-state index contributed by atoms with van der Waals surface area (Å²) in [6.45, 7) is 4.13. The molecule has 0 saturated heterocycles. The highest BCUT2D eigenvalue weighted by Crippen LogP contribution is 2.21. The number of nitrogens with zero attached hydrogens (tertiary/aromatic N) is 2. The highest BCUT2D eigenvalue weighted by molar-refractivity contribution is 6.07. The van der Waals surface area contributed by atoms with Gasteiger partial charge in [-0.15, -0.1) is 0 Å². The Hall–Kier alpha value is -3.25. The number of nitrogens with one attached hydrogen (secondary N) is 2. The summed E-state index contributed by atoms with van der Waals surface area (Å²) in [5.41, 5.74) is 4.43. The number of aromatic nitrogens is 1. The molecule has 0 unspecified atom stereocenters. The Balaban J connectivity index is 1.80. The third-order valence-electron chi connectivity index (χ3n) is 4.35. The predicted molar refractivity (Wildman–Crippen MR) is 113 cm³/mol. The van der Waals surface area contributed by atoms with Crippen LogP contribution in [0.15, 0.2) is 48.5 Å². The fraction of sp³-hybridized carbons (Fsp3) is 0.227. The predicted octanol–water partition coefficient (Wildman–Crippen LogP) is 3.60. The maximum absolute atomic E-state index is 12.8. The average Bonchev–Trinajstić information content (AvgIpc) is 2.61. The second-order valence-corrected chi connectivity index (χ2v) is 7.09. The van der Waals surface area contributed by atoms with E-state index in [1.165, 1.54) is 0 Å². The van der Waals surface area contributed by atoms with Crippen LogP contribution in [0.4, 0.5) is 11.4 Å². The van der Waals surface area contributed by atoms with E-state index in [0.717, 1.165) is 16.5 Å². The smallest absolute Gasteiger partial charge is 0.257 e. The Bertz CT molecular complexity index is 1040. The minimum Gasteiger partial charge on any atom is -0.325 e. The van der Waals surface area contributed by atoms with Gasteiger partial charge in [-0.25, -0.2) is 0 Å². The number of amides is 2. The van der Waals surface area contributed by atoms with Gasteiger partial charge in [0.1, 0.15) is 0 Å². The maximum Gasteiger partial charge on any atom is 0.257 e. The van der Waals surface area contributed by atoms with Gasteiger partial charge < -0.3 is 15.5 Å². The summed E-state index contributed by atoms with van der Waals surface area (Å²) < 4.78 is 0. The Morgan fingerprint density at radius 1 is 0.964 bits per heavy atom. The van der Waals surface area contributed by atoms with Crippen molar-refractivity contribution in [3.63, 3.8) is 0 Å². The van der Waals surface area contributed by atoms with Gasteiger partial charge in [0.15, 0.2) is 0 Å². The molecule has 2 N–H and O–H groups in total. The van der Waals surface area contributed by atoms with E-state index in [1.807, 2.05) is 52.2 Å². The van der Waals surface area contributed by atoms with Crippen LogP contribution in [-0.2, 0) is 4.79 Å². The molecule has 2 amide bonds. The molecule has 0 atom stereocenters. The fourth-order valence-electron chi connectivity index (χ4n) is 3.03. The van der Waals surface area contributed by atoms with Gasteiger partial charge >= 0.3 is 0 Å². The number of anilines is 2. The summed E-state index contributed by atoms with van der Waals surface area (Å²) in [5.74, 6) is -0.344. The largest absolute Gasteiger partial charge is 0.325 e. The Morgan fingerprint density at radius 3 is 2.36 bits per heavy atom. The first-order valence-corrected chi connectivity index (χ1v) is 9.06. The van der Waals surface area contributed by atoms with Gasteiger partial charge in [0.25, 0.3) is 5.91 Å². The topological polar surface area (TPSA) is 74.3 Å². The van der Waals surface area contributed by atoms with Crippen LogP contribution in [0, 0.1) is 13.8 Å². The molecule has 0 aliphatic heterocycles.